The molecule has 0 saturated carbocycles. The molecule has 0 bridgehead atoms. The van der Waals surface area contributed by atoms with Gasteiger partial charge in [-0.3, -0.25) is 0 Å². The molecule has 4 nitrogen and oxygen atoms in total. The quantitative estimate of drug-likeness (QED) is 0.907. The zero-order valence-electron chi connectivity index (χ0n) is 12.1. The second-order valence-electron chi connectivity index (χ2n) is 5.60. The van der Waals surface area contributed by atoms with Crippen LogP contribution in [0.3, 0.4) is 0 Å². The fourth-order valence-corrected chi connectivity index (χ4v) is 2.66. The predicted molar refractivity (Wildman–Crippen MR) is 77.6 cm³/mol. The average Bonchev–Trinajstić information content (AvgIpc) is 2.75. The molecule has 2 rings (SSSR count). The maximum atomic E-state index is 9.41. The number of hydrogen-bond donors (Lipinski definition) is 1. The highest BCUT2D eigenvalue weighted by Gasteiger charge is 2.32. The maximum absolute atomic E-state index is 9.41. The Morgan fingerprint density at radius 2 is 2.20 bits per heavy atom. The Balaban J connectivity index is 2.09. The summed E-state index contributed by atoms with van der Waals surface area (Å²) < 4.78 is 17.0. The first-order valence-corrected chi connectivity index (χ1v) is 7.11. The number of halogens is 1. The van der Waals surface area contributed by atoms with Crippen LogP contribution in [0.25, 0.3) is 0 Å². The number of methoxy groups -OCH3 is 1. The molecule has 112 valence electrons. The number of benzene rings is 1. The van der Waals surface area contributed by atoms with Gasteiger partial charge in [0.1, 0.15) is 6.61 Å². The number of hydrogen-bond acceptors (Lipinski definition) is 4. The third-order valence-electron chi connectivity index (χ3n) is 3.45. The first-order valence-electron chi connectivity index (χ1n) is 6.73. The van der Waals surface area contributed by atoms with E-state index in [1.54, 1.807) is 19.2 Å². The van der Waals surface area contributed by atoms with Gasteiger partial charge in [0.25, 0.3) is 0 Å². The molecule has 1 aliphatic heterocycles. The molecule has 1 heterocycles. The Labute approximate surface area is 124 Å². The highest BCUT2D eigenvalue weighted by atomic mass is 35.5. The van der Waals surface area contributed by atoms with Gasteiger partial charge >= 0.3 is 0 Å². The second kappa shape index (κ2) is 6.20. The zero-order valence-corrected chi connectivity index (χ0v) is 12.9. The van der Waals surface area contributed by atoms with Crippen LogP contribution in [0.2, 0.25) is 5.02 Å². The van der Waals surface area contributed by atoms with Gasteiger partial charge < -0.3 is 19.3 Å². The summed E-state index contributed by atoms with van der Waals surface area (Å²) in [6.45, 7) is 4.45. The van der Waals surface area contributed by atoms with E-state index in [0.29, 0.717) is 28.7 Å². The lowest BCUT2D eigenvalue weighted by atomic mass is 10.1. The summed E-state index contributed by atoms with van der Waals surface area (Å²) in [5.74, 6) is 1.06. The number of ether oxygens (including phenoxy) is 3. The molecule has 1 fully saturated rings. The summed E-state index contributed by atoms with van der Waals surface area (Å²) in [7, 11) is 1.55. The van der Waals surface area contributed by atoms with Crippen LogP contribution in [0.4, 0.5) is 0 Å². The molecular formula is C15H21ClO4. The lowest BCUT2D eigenvalue weighted by Gasteiger charge is -2.20. The van der Waals surface area contributed by atoms with Crippen molar-refractivity contribution in [3.8, 4) is 11.5 Å². The fraction of sp³-hybridized carbons (Fsp3) is 0.600. The summed E-state index contributed by atoms with van der Waals surface area (Å²) >= 11 is 5.97. The van der Waals surface area contributed by atoms with Crippen molar-refractivity contribution in [3.05, 3.63) is 22.7 Å². The number of rotatable bonds is 5. The molecule has 0 aliphatic carbocycles. The van der Waals surface area contributed by atoms with Crippen LogP contribution < -0.4 is 9.47 Å². The van der Waals surface area contributed by atoms with Gasteiger partial charge in [-0.1, -0.05) is 11.6 Å². The first-order chi connectivity index (χ1) is 9.45. The number of aliphatic hydroxyl groups is 1. The van der Waals surface area contributed by atoms with Gasteiger partial charge in [0.05, 0.1) is 25.4 Å². The van der Waals surface area contributed by atoms with E-state index in [9.17, 15) is 5.11 Å². The topological polar surface area (TPSA) is 47.9 Å². The summed E-state index contributed by atoms with van der Waals surface area (Å²) in [5, 5.41) is 9.92. The van der Waals surface area contributed by atoms with Crippen LogP contribution in [-0.4, -0.2) is 30.5 Å². The highest BCUT2D eigenvalue weighted by molar-refractivity contribution is 6.30. The van der Waals surface area contributed by atoms with Crippen molar-refractivity contribution in [1.29, 1.82) is 0 Å². The van der Waals surface area contributed by atoms with Crippen molar-refractivity contribution in [1.82, 2.24) is 0 Å². The van der Waals surface area contributed by atoms with Gasteiger partial charge in [0, 0.05) is 16.7 Å². The molecule has 1 aromatic rings. The summed E-state index contributed by atoms with van der Waals surface area (Å²) in [5.41, 5.74) is 0.532. The van der Waals surface area contributed by atoms with E-state index >= 15 is 0 Å². The van der Waals surface area contributed by atoms with E-state index in [1.165, 1.54) is 0 Å². The van der Waals surface area contributed by atoms with Crippen LogP contribution in [0.5, 0.6) is 11.5 Å². The molecule has 0 amide bonds. The zero-order chi connectivity index (χ0) is 14.8. The van der Waals surface area contributed by atoms with E-state index in [4.69, 9.17) is 25.8 Å². The summed E-state index contributed by atoms with van der Waals surface area (Å²) in [4.78, 5) is 0. The van der Waals surface area contributed by atoms with Gasteiger partial charge in [0.15, 0.2) is 11.5 Å². The minimum atomic E-state index is -0.150. The molecule has 1 N–H and O–H groups in total. The molecule has 1 saturated heterocycles. The molecule has 0 spiro atoms. The van der Waals surface area contributed by atoms with Gasteiger partial charge in [-0.2, -0.15) is 0 Å². The van der Waals surface area contributed by atoms with Crippen LogP contribution in [-0.2, 0) is 11.3 Å². The molecule has 20 heavy (non-hydrogen) atoms. The molecule has 1 aliphatic rings. The Morgan fingerprint density at radius 1 is 1.45 bits per heavy atom. The Kier molecular flexibility index (Phi) is 4.78. The van der Waals surface area contributed by atoms with Crippen molar-refractivity contribution < 1.29 is 19.3 Å². The van der Waals surface area contributed by atoms with Crippen molar-refractivity contribution in [2.75, 3.05) is 13.7 Å². The molecule has 0 aromatic heterocycles. The predicted octanol–water partition coefficient (Wildman–Crippen LogP) is 3.18. The van der Waals surface area contributed by atoms with E-state index in [-0.39, 0.29) is 18.3 Å². The van der Waals surface area contributed by atoms with Crippen LogP contribution in [0.15, 0.2) is 12.1 Å². The monoisotopic (exact) mass is 300 g/mol. The molecule has 5 heteroatoms. The average molecular weight is 301 g/mol. The Bertz CT molecular complexity index is 448. The Hall–Kier alpha value is -0.970. The minimum Gasteiger partial charge on any atom is -0.493 e. The molecule has 1 atom stereocenters. The normalized spacial score (nSPS) is 20.9. The molecular weight excluding hydrogens is 280 g/mol. The second-order valence-corrected chi connectivity index (χ2v) is 6.04. The largest absolute Gasteiger partial charge is 0.493 e. The maximum Gasteiger partial charge on any atom is 0.166 e. The van der Waals surface area contributed by atoms with E-state index in [2.05, 4.69) is 13.8 Å². The van der Waals surface area contributed by atoms with E-state index < -0.39 is 0 Å². The smallest absolute Gasteiger partial charge is 0.166 e. The van der Waals surface area contributed by atoms with Crippen LogP contribution in [0.1, 0.15) is 32.3 Å². The highest BCUT2D eigenvalue weighted by Crippen LogP contribution is 2.36. The van der Waals surface area contributed by atoms with E-state index in [0.717, 1.165) is 12.8 Å². The number of aliphatic hydroxyl groups excluding tert-OH is 1. The van der Waals surface area contributed by atoms with Gasteiger partial charge in [-0.05, 0) is 32.8 Å². The van der Waals surface area contributed by atoms with Gasteiger partial charge in [-0.15, -0.1) is 0 Å². The lowest BCUT2D eigenvalue weighted by Crippen LogP contribution is -2.24. The third-order valence-corrected chi connectivity index (χ3v) is 3.67. The minimum absolute atomic E-state index is 0.0666. The third kappa shape index (κ3) is 3.57. The van der Waals surface area contributed by atoms with Crippen molar-refractivity contribution >= 4 is 11.6 Å². The van der Waals surface area contributed by atoms with Crippen molar-refractivity contribution in [2.24, 2.45) is 0 Å². The Morgan fingerprint density at radius 3 is 2.75 bits per heavy atom. The molecule has 1 aromatic carbocycles. The molecule has 0 radical (unpaired) electrons. The lowest BCUT2D eigenvalue weighted by molar-refractivity contribution is -0.0331. The van der Waals surface area contributed by atoms with Crippen molar-refractivity contribution in [3.63, 3.8) is 0 Å². The van der Waals surface area contributed by atoms with Crippen LogP contribution in [0, 0.1) is 0 Å². The summed E-state index contributed by atoms with van der Waals surface area (Å²) in [6.07, 6.45) is 2.06. The van der Waals surface area contributed by atoms with E-state index in [1.807, 2.05) is 0 Å². The van der Waals surface area contributed by atoms with Crippen LogP contribution >= 0.6 is 11.6 Å². The summed E-state index contributed by atoms with van der Waals surface area (Å²) in [6, 6.07) is 3.36. The van der Waals surface area contributed by atoms with Crippen molar-refractivity contribution in [2.45, 2.75) is 45.0 Å². The first kappa shape index (κ1) is 15.4. The fourth-order valence-electron chi connectivity index (χ4n) is 2.43. The molecule has 1 unspecified atom stereocenters. The standard InChI is InChI=1S/C15H21ClO4/c1-15(2)5-4-12(20-15)9-19-14-10(8-17)6-11(16)7-13(14)18-3/h6-7,12,17H,4-5,8-9H2,1-3H3. The SMILES string of the molecule is COc1cc(Cl)cc(CO)c1OCC1CCC(C)(C)O1. The van der Waals surface area contributed by atoms with Gasteiger partial charge in [-0.25, -0.2) is 0 Å². The van der Waals surface area contributed by atoms with Gasteiger partial charge in [0.2, 0.25) is 0 Å².